The number of esters is 1. The third-order valence-electron chi connectivity index (χ3n) is 2.79. The summed E-state index contributed by atoms with van der Waals surface area (Å²) in [6, 6.07) is 4.91. The van der Waals surface area contributed by atoms with Gasteiger partial charge in [-0.3, -0.25) is 9.59 Å². The van der Waals surface area contributed by atoms with Crippen molar-refractivity contribution in [1.82, 2.24) is 0 Å². The van der Waals surface area contributed by atoms with E-state index in [9.17, 15) is 9.59 Å². The first-order chi connectivity index (χ1) is 9.20. The van der Waals surface area contributed by atoms with E-state index in [1.165, 1.54) is 0 Å². The number of carbonyl (C=O) groups excluding carboxylic acids is 2. The molecule has 0 N–H and O–H groups in total. The maximum atomic E-state index is 11.8. The molecule has 1 heterocycles. The van der Waals surface area contributed by atoms with Crippen LogP contribution in [0.2, 0.25) is 0 Å². The molecule has 0 atom stereocenters. The van der Waals surface area contributed by atoms with Gasteiger partial charge in [0.15, 0.2) is 23.9 Å². The van der Waals surface area contributed by atoms with E-state index in [2.05, 4.69) is 0 Å². The van der Waals surface area contributed by atoms with Crippen LogP contribution in [0, 0.1) is 0 Å². The highest BCUT2D eigenvalue weighted by molar-refractivity contribution is 5.98. The van der Waals surface area contributed by atoms with Crippen molar-refractivity contribution in [1.29, 1.82) is 0 Å². The Morgan fingerprint density at radius 2 is 2.05 bits per heavy atom. The van der Waals surface area contributed by atoms with Crippen LogP contribution >= 0.6 is 0 Å². The Kier molecular flexibility index (Phi) is 4.39. The minimum atomic E-state index is -0.337. The van der Waals surface area contributed by atoms with Crippen molar-refractivity contribution >= 4 is 11.8 Å². The maximum absolute atomic E-state index is 11.8. The molecule has 0 bridgehead atoms. The molecule has 0 saturated heterocycles. The zero-order chi connectivity index (χ0) is 13.7. The third kappa shape index (κ3) is 3.47. The Bertz CT molecular complexity index is 481. The highest BCUT2D eigenvalue weighted by Crippen LogP contribution is 2.32. The molecule has 2 rings (SSSR count). The first-order valence-corrected chi connectivity index (χ1v) is 6.29. The van der Waals surface area contributed by atoms with E-state index in [0.717, 1.165) is 12.8 Å². The van der Waals surface area contributed by atoms with Gasteiger partial charge in [-0.25, -0.2) is 0 Å². The van der Waals surface area contributed by atoms with E-state index in [-0.39, 0.29) is 25.2 Å². The summed E-state index contributed by atoms with van der Waals surface area (Å²) in [7, 11) is 0. The zero-order valence-corrected chi connectivity index (χ0v) is 10.8. The summed E-state index contributed by atoms with van der Waals surface area (Å²) in [5, 5.41) is 0. The summed E-state index contributed by atoms with van der Waals surface area (Å²) in [4.78, 5) is 23.2. The normalized spacial score (nSPS) is 12.3. The average Bonchev–Trinajstić information content (AvgIpc) is 2.89. The lowest BCUT2D eigenvalue weighted by Crippen LogP contribution is -2.13. The van der Waals surface area contributed by atoms with E-state index < -0.39 is 0 Å². The molecule has 102 valence electrons. The van der Waals surface area contributed by atoms with Crippen LogP contribution in [0.1, 0.15) is 36.5 Å². The standard InChI is InChI=1S/C14H16O5/c1-2-3-4-14(16)17-8-11(15)10-5-6-12-13(7-10)19-9-18-12/h5-7H,2-4,8-9H2,1H3. The first kappa shape index (κ1) is 13.4. The number of ketones is 1. The van der Waals surface area contributed by atoms with Crippen LogP contribution in [-0.4, -0.2) is 25.2 Å². The van der Waals surface area contributed by atoms with Crippen LogP contribution in [0.3, 0.4) is 0 Å². The van der Waals surface area contributed by atoms with Gasteiger partial charge in [0.25, 0.3) is 0 Å². The highest BCUT2D eigenvalue weighted by atomic mass is 16.7. The number of Topliss-reactive ketones (excluding diaryl/α,β-unsaturated/α-hetero) is 1. The van der Waals surface area contributed by atoms with E-state index in [4.69, 9.17) is 14.2 Å². The largest absolute Gasteiger partial charge is 0.457 e. The summed E-state index contributed by atoms with van der Waals surface area (Å²) in [6.45, 7) is 1.92. The van der Waals surface area contributed by atoms with Crippen molar-refractivity contribution in [3.63, 3.8) is 0 Å². The van der Waals surface area contributed by atoms with Crippen molar-refractivity contribution in [2.45, 2.75) is 26.2 Å². The van der Waals surface area contributed by atoms with Gasteiger partial charge in [0.2, 0.25) is 6.79 Å². The number of hydrogen-bond acceptors (Lipinski definition) is 5. The molecule has 0 aliphatic carbocycles. The molecular formula is C14H16O5. The van der Waals surface area contributed by atoms with Crippen molar-refractivity contribution in [2.24, 2.45) is 0 Å². The van der Waals surface area contributed by atoms with E-state index >= 15 is 0 Å². The van der Waals surface area contributed by atoms with Crippen molar-refractivity contribution < 1.29 is 23.8 Å². The van der Waals surface area contributed by atoms with Crippen LogP contribution in [0.15, 0.2) is 18.2 Å². The summed E-state index contributed by atoms with van der Waals surface area (Å²) in [5.74, 6) is 0.582. The van der Waals surface area contributed by atoms with Crippen LogP contribution in [0.4, 0.5) is 0 Å². The predicted octanol–water partition coefficient (Wildman–Crippen LogP) is 2.33. The second-order valence-electron chi connectivity index (χ2n) is 4.26. The number of benzene rings is 1. The molecule has 1 aromatic carbocycles. The zero-order valence-electron chi connectivity index (χ0n) is 10.8. The van der Waals surface area contributed by atoms with Crippen molar-refractivity contribution in [2.75, 3.05) is 13.4 Å². The number of unbranched alkanes of at least 4 members (excludes halogenated alkanes) is 1. The molecule has 0 unspecified atom stereocenters. The molecule has 5 nitrogen and oxygen atoms in total. The summed E-state index contributed by atoms with van der Waals surface area (Å²) in [6.07, 6.45) is 2.05. The lowest BCUT2D eigenvalue weighted by Gasteiger charge is -2.04. The molecule has 1 aromatic rings. The number of rotatable bonds is 6. The second kappa shape index (κ2) is 6.22. The molecule has 1 aliphatic rings. The Labute approximate surface area is 111 Å². The Morgan fingerprint density at radius 1 is 1.26 bits per heavy atom. The first-order valence-electron chi connectivity index (χ1n) is 6.29. The predicted molar refractivity (Wildman–Crippen MR) is 67.4 cm³/mol. The average molecular weight is 264 g/mol. The minimum Gasteiger partial charge on any atom is -0.457 e. The van der Waals surface area contributed by atoms with Gasteiger partial charge in [0, 0.05) is 12.0 Å². The van der Waals surface area contributed by atoms with Gasteiger partial charge >= 0.3 is 5.97 Å². The lowest BCUT2D eigenvalue weighted by atomic mass is 10.1. The summed E-state index contributed by atoms with van der Waals surface area (Å²) in [5.41, 5.74) is 0.451. The van der Waals surface area contributed by atoms with E-state index in [1.54, 1.807) is 18.2 Å². The monoisotopic (exact) mass is 264 g/mol. The van der Waals surface area contributed by atoms with Crippen LogP contribution < -0.4 is 9.47 Å². The van der Waals surface area contributed by atoms with Crippen molar-refractivity contribution in [3.05, 3.63) is 23.8 Å². The molecule has 0 saturated carbocycles. The fraction of sp³-hybridized carbons (Fsp3) is 0.429. The lowest BCUT2D eigenvalue weighted by molar-refractivity contribution is -0.142. The molecule has 5 heteroatoms. The fourth-order valence-electron chi connectivity index (χ4n) is 1.69. The summed E-state index contributed by atoms with van der Waals surface area (Å²) >= 11 is 0. The van der Waals surface area contributed by atoms with Gasteiger partial charge in [-0.15, -0.1) is 0 Å². The van der Waals surface area contributed by atoms with Crippen molar-refractivity contribution in [3.8, 4) is 11.5 Å². The van der Waals surface area contributed by atoms with Crippen LogP contribution in [0.5, 0.6) is 11.5 Å². The number of ether oxygens (including phenoxy) is 3. The van der Waals surface area contributed by atoms with E-state index in [1.807, 2.05) is 6.92 Å². The smallest absolute Gasteiger partial charge is 0.306 e. The molecule has 0 fully saturated rings. The topological polar surface area (TPSA) is 61.8 Å². The molecule has 0 radical (unpaired) electrons. The molecule has 19 heavy (non-hydrogen) atoms. The second-order valence-corrected chi connectivity index (χ2v) is 4.26. The van der Waals surface area contributed by atoms with Gasteiger partial charge in [-0.05, 0) is 24.6 Å². The van der Waals surface area contributed by atoms with E-state index in [0.29, 0.717) is 23.5 Å². The van der Waals surface area contributed by atoms with Gasteiger partial charge < -0.3 is 14.2 Å². The van der Waals surface area contributed by atoms with Crippen LogP contribution in [0.25, 0.3) is 0 Å². The summed E-state index contributed by atoms with van der Waals surface area (Å²) < 4.78 is 15.3. The molecular weight excluding hydrogens is 248 g/mol. The number of fused-ring (bicyclic) bond motifs is 1. The fourth-order valence-corrected chi connectivity index (χ4v) is 1.69. The molecule has 0 spiro atoms. The van der Waals surface area contributed by atoms with Gasteiger partial charge in [0.1, 0.15) is 0 Å². The Hall–Kier alpha value is -2.04. The quantitative estimate of drug-likeness (QED) is 0.583. The highest BCUT2D eigenvalue weighted by Gasteiger charge is 2.17. The van der Waals surface area contributed by atoms with Gasteiger partial charge in [-0.1, -0.05) is 13.3 Å². The number of hydrogen-bond donors (Lipinski definition) is 0. The minimum absolute atomic E-state index is 0.166. The Morgan fingerprint density at radius 3 is 2.84 bits per heavy atom. The Balaban J connectivity index is 1.88. The molecule has 0 aromatic heterocycles. The van der Waals surface area contributed by atoms with Crippen LogP contribution in [-0.2, 0) is 9.53 Å². The van der Waals surface area contributed by atoms with Gasteiger partial charge in [-0.2, -0.15) is 0 Å². The SMILES string of the molecule is CCCCC(=O)OCC(=O)c1ccc2c(c1)OCO2. The molecule has 1 aliphatic heterocycles. The van der Waals surface area contributed by atoms with Gasteiger partial charge in [0.05, 0.1) is 0 Å². The number of carbonyl (C=O) groups is 2. The third-order valence-corrected chi connectivity index (χ3v) is 2.79. The maximum Gasteiger partial charge on any atom is 0.306 e. The molecule has 0 amide bonds.